The summed E-state index contributed by atoms with van der Waals surface area (Å²) in [6, 6.07) is 7.24. The molecule has 8 heteroatoms. The third-order valence-electron chi connectivity index (χ3n) is 3.85. The number of ether oxygens (including phenoxy) is 3. The van der Waals surface area contributed by atoms with E-state index in [4.69, 9.17) is 14.2 Å². The summed E-state index contributed by atoms with van der Waals surface area (Å²) < 4.78 is 42.4. The number of hydrogen-bond acceptors (Lipinski definition) is 6. The molecule has 0 aliphatic heterocycles. The molecule has 0 fully saturated rings. The van der Waals surface area contributed by atoms with Gasteiger partial charge in [0.15, 0.2) is 12.1 Å². The highest BCUT2D eigenvalue weighted by Gasteiger charge is 2.37. The molecule has 1 aromatic carbocycles. The molecule has 0 heterocycles. The van der Waals surface area contributed by atoms with E-state index in [0.29, 0.717) is 0 Å². The van der Waals surface area contributed by atoms with Gasteiger partial charge in [-0.25, -0.2) is 8.42 Å². The summed E-state index contributed by atoms with van der Waals surface area (Å²) in [5.41, 5.74) is 0. The zero-order chi connectivity index (χ0) is 18.3. The highest BCUT2D eigenvalue weighted by Crippen LogP contribution is 2.23. The molecule has 0 aliphatic rings. The number of methoxy groups -OCH3 is 3. The van der Waals surface area contributed by atoms with E-state index in [0.717, 1.165) is 4.31 Å². The largest absolute Gasteiger partial charge is 0.372 e. The Morgan fingerprint density at radius 2 is 1.62 bits per heavy atom. The first kappa shape index (κ1) is 20.7. The van der Waals surface area contributed by atoms with Gasteiger partial charge in [-0.3, -0.25) is 4.79 Å². The van der Waals surface area contributed by atoms with E-state index in [9.17, 15) is 13.2 Å². The summed E-state index contributed by atoms with van der Waals surface area (Å²) in [5.74, 6) is -0.274. The van der Waals surface area contributed by atoms with Crippen molar-refractivity contribution in [2.24, 2.45) is 0 Å². The van der Waals surface area contributed by atoms with Gasteiger partial charge in [0.1, 0.15) is 6.10 Å². The minimum Gasteiger partial charge on any atom is -0.372 e. The second-order valence-electron chi connectivity index (χ2n) is 5.31. The molecule has 7 nitrogen and oxygen atoms in total. The van der Waals surface area contributed by atoms with Gasteiger partial charge in [-0.05, 0) is 19.1 Å². The summed E-state index contributed by atoms with van der Waals surface area (Å²) >= 11 is 0. The fourth-order valence-electron chi connectivity index (χ4n) is 2.48. The molecular weight excluding hydrogens is 334 g/mol. The van der Waals surface area contributed by atoms with Gasteiger partial charge in [-0.1, -0.05) is 18.2 Å². The van der Waals surface area contributed by atoms with Crippen LogP contribution in [0.25, 0.3) is 0 Å². The molecule has 0 aromatic heterocycles. The van der Waals surface area contributed by atoms with E-state index >= 15 is 0 Å². The molecule has 2 atom stereocenters. The van der Waals surface area contributed by atoms with Gasteiger partial charge >= 0.3 is 0 Å². The van der Waals surface area contributed by atoms with Crippen LogP contribution in [0.4, 0.5) is 0 Å². The van der Waals surface area contributed by atoms with Gasteiger partial charge in [0.25, 0.3) is 0 Å². The van der Waals surface area contributed by atoms with Crippen LogP contribution in [-0.2, 0) is 29.0 Å². The number of carbonyl (C=O) groups is 1. The van der Waals surface area contributed by atoms with Crippen molar-refractivity contribution in [3.8, 4) is 0 Å². The molecular formula is C16H25NO6S. The second kappa shape index (κ2) is 9.24. The molecule has 0 N–H and O–H groups in total. The molecule has 0 saturated heterocycles. The van der Waals surface area contributed by atoms with Crippen LogP contribution < -0.4 is 0 Å². The normalized spacial score (nSPS) is 14.8. The minimum absolute atomic E-state index is 0.141. The Balaban J connectivity index is 3.24. The summed E-state index contributed by atoms with van der Waals surface area (Å²) in [4.78, 5) is 12.1. The Kier molecular flexibility index (Phi) is 7.98. The standard InChI is InChI=1S/C16H25NO6S/c1-12(18)16(23-5)14(11-15(21-3)22-4)17(2)24(19,20)13-9-7-6-8-10-13/h6-10,14-16H,11H2,1-5H3/t14-,16+/m0/s1. The summed E-state index contributed by atoms with van der Waals surface area (Å²) in [5, 5.41) is 0. The average Bonchev–Trinajstić information content (AvgIpc) is 2.58. The molecule has 0 radical (unpaired) electrons. The molecule has 24 heavy (non-hydrogen) atoms. The van der Waals surface area contributed by atoms with Crippen LogP contribution in [-0.4, -0.2) is 65.3 Å². The quantitative estimate of drug-likeness (QED) is 0.586. The van der Waals surface area contributed by atoms with Crippen LogP contribution in [0.2, 0.25) is 0 Å². The maximum absolute atomic E-state index is 12.9. The van der Waals surface area contributed by atoms with Crippen molar-refractivity contribution < 1.29 is 27.4 Å². The van der Waals surface area contributed by atoms with E-state index in [-0.39, 0.29) is 17.1 Å². The van der Waals surface area contributed by atoms with Crippen molar-refractivity contribution in [1.29, 1.82) is 0 Å². The van der Waals surface area contributed by atoms with Crippen LogP contribution >= 0.6 is 0 Å². The fourth-order valence-corrected chi connectivity index (χ4v) is 3.87. The fraction of sp³-hybridized carbons (Fsp3) is 0.562. The Morgan fingerprint density at radius 1 is 1.08 bits per heavy atom. The third-order valence-corrected chi connectivity index (χ3v) is 5.75. The number of likely N-dealkylation sites (N-methyl/N-ethyl adjacent to an activating group) is 1. The zero-order valence-electron chi connectivity index (χ0n) is 14.6. The first-order valence-electron chi connectivity index (χ1n) is 7.41. The topological polar surface area (TPSA) is 82.1 Å². The summed E-state index contributed by atoms with van der Waals surface area (Å²) in [6.45, 7) is 1.36. The number of rotatable bonds is 10. The van der Waals surface area contributed by atoms with Crippen molar-refractivity contribution in [2.75, 3.05) is 28.4 Å². The zero-order valence-corrected chi connectivity index (χ0v) is 15.4. The first-order valence-corrected chi connectivity index (χ1v) is 8.85. The SMILES string of the molecule is COC(C[C@@H]([C@H](OC)C(C)=O)N(C)S(=O)(=O)c1ccccc1)OC. The molecule has 0 aliphatic carbocycles. The van der Waals surface area contributed by atoms with Crippen molar-refractivity contribution in [3.63, 3.8) is 0 Å². The third kappa shape index (κ3) is 4.84. The van der Waals surface area contributed by atoms with Gasteiger partial charge in [0.2, 0.25) is 10.0 Å². The first-order chi connectivity index (χ1) is 11.3. The van der Waals surface area contributed by atoms with Gasteiger partial charge in [-0.15, -0.1) is 0 Å². The van der Waals surface area contributed by atoms with Crippen LogP contribution in [0.5, 0.6) is 0 Å². The molecule has 0 spiro atoms. The average molecular weight is 359 g/mol. The van der Waals surface area contributed by atoms with Crippen molar-refractivity contribution in [1.82, 2.24) is 4.31 Å². The monoisotopic (exact) mass is 359 g/mol. The number of sulfonamides is 1. The maximum atomic E-state index is 12.9. The lowest BCUT2D eigenvalue weighted by Crippen LogP contribution is -2.50. The van der Waals surface area contributed by atoms with E-state index in [1.807, 2.05) is 0 Å². The second-order valence-corrected chi connectivity index (χ2v) is 7.30. The van der Waals surface area contributed by atoms with Gasteiger partial charge < -0.3 is 14.2 Å². The van der Waals surface area contributed by atoms with E-state index in [1.54, 1.807) is 18.2 Å². The molecule has 1 aromatic rings. The van der Waals surface area contributed by atoms with Gasteiger partial charge in [-0.2, -0.15) is 4.31 Å². The lowest BCUT2D eigenvalue weighted by Gasteiger charge is -2.33. The number of hydrogen-bond donors (Lipinski definition) is 0. The highest BCUT2D eigenvalue weighted by molar-refractivity contribution is 7.89. The lowest BCUT2D eigenvalue weighted by molar-refractivity contribution is -0.138. The summed E-state index contributed by atoms with van der Waals surface area (Å²) in [7, 11) is 1.90. The van der Waals surface area contributed by atoms with Crippen molar-refractivity contribution >= 4 is 15.8 Å². The molecule has 1 rings (SSSR count). The Morgan fingerprint density at radius 3 is 2.04 bits per heavy atom. The molecule has 0 amide bonds. The van der Waals surface area contributed by atoms with E-state index < -0.39 is 28.5 Å². The van der Waals surface area contributed by atoms with E-state index in [2.05, 4.69) is 0 Å². The number of ketones is 1. The van der Waals surface area contributed by atoms with Crippen LogP contribution in [0, 0.1) is 0 Å². The maximum Gasteiger partial charge on any atom is 0.243 e. The van der Waals surface area contributed by atoms with E-state index in [1.165, 1.54) is 47.4 Å². The predicted octanol–water partition coefficient (Wildman–Crippen LogP) is 1.29. The Bertz CT molecular complexity index is 615. The number of benzene rings is 1. The van der Waals surface area contributed by atoms with Gasteiger partial charge in [0, 0.05) is 34.8 Å². The Labute approximate surface area is 143 Å². The van der Waals surface area contributed by atoms with Crippen LogP contribution in [0.3, 0.4) is 0 Å². The Hall–Kier alpha value is -1.32. The highest BCUT2D eigenvalue weighted by atomic mass is 32.2. The lowest BCUT2D eigenvalue weighted by atomic mass is 10.0. The van der Waals surface area contributed by atoms with Crippen molar-refractivity contribution in [2.45, 2.75) is 36.7 Å². The minimum atomic E-state index is -3.80. The summed E-state index contributed by atoms with van der Waals surface area (Å²) in [6.07, 6.45) is -1.45. The molecule has 0 saturated carbocycles. The van der Waals surface area contributed by atoms with Gasteiger partial charge in [0.05, 0.1) is 10.9 Å². The van der Waals surface area contributed by atoms with Crippen molar-refractivity contribution in [3.05, 3.63) is 30.3 Å². The number of nitrogens with zero attached hydrogens (tertiary/aromatic N) is 1. The molecule has 0 bridgehead atoms. The van der Waals surface area contributed by atoms with Crippen LogP contribution in [0.1, 0.15) is 13.3 Å². The number of carbonyl (C=O) groups excluding carboxylic acids is 1. The smallest absolute Gasteiger partial charge is 0.243 e. The number of Topliss-reactive ketones (excluding diaryl/α,β-unsaturated/α-hetero) is 1. The molecule has 0 unspecified atom stereocenters. The predicted molar refractivity (Wildman–Crippen MR) is 89.1 cm³/mol. The molecule has 136 valence electrons. The van der Waals surface area contributed by atoms with Crippen LogP contribution in [0.15, 0.2) is 35.2 Å².